The number of nitro benzene ring substituents is 1. The van der Waals surface area contributed by atoms with Crippen LogP contribution in [0.25, 0.3) is 0 Å². The maximum atomic E-state index is 12.9. The fourth-order valence-corrected chi connectivity index (χ4v) is 3.24. The van der Waals surface area contributed by atoms with Gasteiger partial charge in [-0.2, -0.15) is 5.10 Å². The van der Waals surface area contributed by atoms with Gasteiger partial charge in [0.2, 0.25) is 0 Å². The minimum absolute atomic E-state index is 0.111. The largest absolute Gasteiger partial charge is 0.493 e. The molecule has 0 aliphatic carbocycles. The van der Waals surface area contributed by atoms with Gasteiger partial charge in [0.15, 0.2) is 11.5 Å². The van der Waals surface area contributed by atoms with Crippen molar-refractivity contribution in [2.24, 2.45) is 0 Å². The summed E-state index contributed by atoms with van der Waals surface area (Å²) in [5.74, 6) is 0.357. The van der Waals surface area contributed by atoms with Crippen LogP contribution in [-0.4, -0.2) is 41.4 Å². The molecule has 1 unspecified atom stereocenters. The van der Waals surface area contributed by atoms with Crippen molar-refractivity contribution < 1.29 is 23.6 Å². The first-order chi connectivity index (χ1) is 14.3. The smallest absolute Gasteiger partial charge is 0.286 e. The van der Waals surface area contributed by atoms with Gasteiger partial charge < -0.3 is 19.2 Å². The number of aryl methyl sites for hydroxylation is 2. The predicted octanol–water partition coefficient (Wildman–Crippen LogP) is 3.04. The zero-order chi connectivity index (χ0) is 21.8. The molecule has 1 aromatic carbocycles. The van der Waals surface area contributed by atoms with Crippen LogP contribution in [0.4, 0.5) is 5.69 Å². The van der Waals surface area contributed by atoms with E-state index in [1.54, 1.807) is 16.8 Å². The summed E-state index contributed by atoms with van der Waals surface area (Å²) in [6.07, 6.45) is 1.54. The van der Waals surface area contributed by atoms with Crippen molar-refractivity contribution in [1.29, 1.82) is 0 Å². The van der Waals surface area contributed by atoms with Crippen molar-refractivity contribution in [3.05, 3.63) is 69.4 Å². The van der Waals surface area contributed by atoms with E-state index in [9.17, 15) is 14.9 Å². The third-order valence-electron chi connectivity index (χ3n) is 4.61. The van der Waals surface area contributed by atoms with E-state index < -0.39 is 16.9 Å². The number of rotatable bonds is 8. The zero-order valence-corrected chi connectivity index (χ0v) is 17.0. The van der Waals surface area contributed by atoms with E-state index in [4.69, 9.17) is 13.9 Å². The number of carbonyl (C=O) groups excluding carboxylic acids is 1. The Labute approximate surface area is 172 Å². The molecule has 2 aromatic heterocycles. The van der Waals surface area contributed by atoms with E-state index in [0.717, 1.165) is 11.4 Å². The SMILES string of the molecule is COc1cc(C(=O)NCC(c2ccco2)n2nc(C)cc2C)c([N+](=O)[O-])cc1OC. The third kappa shape index (κ3) is 4.12. The molecule has 0 aliphatic heterocycles. The third-order valence-corrected chi connectivity index (χ3v) is 4.61. The lowest BCUT2D eigenvalue weighted by atomic mass is 10.1. The fraction of sp³-hybridized carbons (Fsp3) is 0.300. The summed E-state index contributed by atoms with van der Waals surface area (Å²) in [6, 6.07) is 7.48. The first-order valence-electron chi connectivity index (χ1n) is 9.10. The van der Waals surface area contributed by atoms with Crippen molar-refractivity contribution in [3.63, 3.8) is 0 Å². The Morgan fingerprint density at radius 1 is 1.27 bits per heavy atom. The molecule has 10 nitrogen and oxygen atoms in total. The van der Waals surface area contributed by atoms with Crippen LogP contribution >= 0.6 is 0 Å². The van der Waals surface area contributed by atoms with Crippen molar-refractivity contribution in [2.45, 2.75) is 19.9 Å². The summed E-state index contributed by atoms with van der Waals surface area (Å²) in [4.78, 5) is 23.7. The van der Waals surface area contributed by atoms with E-state index in [1.807, 2.05) is 19.9 Å². The van der Waals surface area contributed by atoms with Gasteiger partial charge in [-0.05, 0) is 32.0 Å². The predicted molar refractivity (Wildman–Crippen MR) is 107 cm³/mol. The number of hydrogen-bond donors (Lipinski definition) is 1. The second-order valence-corrected chi connectivity index (χ2v) is 6.59. The molecule has 0 saturated heterocycles. The van der Waals surface area contributed by atoms with E-state index >= 15 is 0 Å². The number of nitrogens with zero attached hydrogens (tertiary/aromatic N) is 3. The van der Waals surface area contributed by atoms with Crippen molar-refractivity contribution in [1.82, 2.24) is 15.1 Å². The molecule has 30 heavy (non-hydrogen) atoms. The van der Waals surface area contributed by atoms with E-state index in [-0.39, 0.29) is 29.3 Å². The van der Waals surface area contributed by atoms with Crippen molar-refractivity contribution in [2.75, 3.05) is 20.8 Å². The monoisotopic (exact) mass is 414 g/mol. The second kappa shape index (κ2) is 8.68. The van der Waals surface area contributed by atoms with Gasteiger partial charge in [-0.3, -0.25) is 19.6 Å². The van der Waals surface area contributed by atoms with Crippen LogP contribution in [0, 0.1) is 24.0 Å². The normalized spacial score (nSPS) is 11.7. The first-order valence-corrected chi connectivity index (χ1v) is 9.10. The molecule has 3 rings (SSSR count). The van der Waals surface area contributed by atoms with Crippen LogP contribution < -0.4 is 14.8 Å². The average molecular weight is 414 g/mol. The topological polar surface area (TPSA) is 122 Å². The highest BCUT2D eigenvalue weighted by atomic mass is 16.6. The van der Waals surface area contributed by atoms with E-state index in [1.165, 1.54) is 32.6 Å². The lowest BCUT2D eigenvalue weighted by Crippen LogP contribution is -2.32. The molecular formula is C20H22N4O6. The standard InChI is InChI=1S/C20H22N4O6/c1-12-8-13(2)23(22-12)16(17-6-5-7-30-17)11-21-20(25)14-9-18(28-3)19(29-4)10-15(14)24(26)27/h5-10,16H,11H2,1-4H3,(H,21,25). The first kappa shape index (κ1) is 20.9. The summed E-state index contributed by atoms with van der Waals surface area (Å²) in [7, 11) is 2.75. The number of furan rings is 1. The Morgan fingerprint density at radius 3 is 2.50 bits per heavy atom. The van der Waals surface area contributed by atoms with Crippen LogP contribution in [0.15, 0.2) is 41.0 Å². The number of amides is 1. The number of methoxy groups -OCH3 is 2. The van der Waals surface area contributed by atoms with Gasteiger partial charge in [-0.1, -0.05) is 0 Å². The molecule has 10 heteroatoms. The van der Waals surface area contributed by atoms with Gasteiger partial charge in [-0.25, -0.2) is 0 Å². The number of benzene rings is 1. The van der Waals surface area contributed by atoms with Gasteiger partial charge >= 0.3 is 0 Å². The lowest BCUT2D eigenvalue weighted by Gasteiger charge is -2.18. The van der Waals surface area contributed by atoms with Gasteiger partial charge in [0.25, 0.3) is 11.6 Å². The van der Waals surface area contributed by atoms with Gasteiger partial charge in [0.1, 0.15) is 17.4 Å². The average Bonchev–Trinajstić information content (AvgIpc) is 3.36. The van der Waals surface area contributed by atoms with Gasteiger partial charge in [0.05, 0.1) is 37.2 Å². The number of hydrogen-bond acceptors (Lipinski definition) is 7. The summed E-state index contributed by atoms with van der Waals surface area (Å²) in [5, 5.41) is 18.7. The molecule has 2 heterocycles. The Bertz CT molecular complexity index is 1060. The Hall–Kier alpha value is -3.82. The maximum Gasteiger partial charge on any atom is 0.286 e. The Balaban J connectivity index is 1.91. The van der Waals surface area contributed by atoms with Crippen LogP contribution in [0.5, 0.6) is 11.5 Å². The molecule has 1 amide bonds. The molecule has 0 aliphatic rings. The number of carbonyl (C=O) groups is 1. The van der Waals surface area contributed by atoms with Crippen LogP contribution in [0.3, 0.4) is 0 Å². The molecule has 0 bridgehead atoms. The second-order valence-electron chi connectivity index (χ2n) is 6.59. The van der Waals surface area contributed by atoms with Gasteiger partial charge in [-0.15, -0.1) is 0 Å². The van der Waals surface area contributed by atoms with Crippen LogP contribution in [0.1, 0.15) is 33.5 Å². The molecule has 158 valence electrons. The molecule has 1 N–H and O–H groups in total. The highest BCUT2D eigenvalue weighted by molar-refractivity contribution is 5.99. The molecule has 0 spiro atoms. The van der Waals surface area contributed by atoms with E-state index in [2.05, 4.69) is 10.4 Å². The summed E-state index contributed by atoms with van der Waals surface area (Å²) in [6.45, 7) is 3.88. The van der Waals surface area contributed by atoms with Crippen molar-refractivity contribution >= 4 is 11.6 Å². The summed E-state index contributed by atoms with van der Waals surface area (Å²) in [5.41, 5.74) is 1.20. The van der Waals surface area contributed by atoms with Crippen LogP contribution in [0.2, 0.25) is 0 Å². The molecule has 0 fully saturated rings. The maximum absolute atomic E-state index is 12.9. The number of nitro groups is 1. The number of ether oxygens (including phenoxy) is 2. The Kier molecular flexibility index (Phi) is 6.05. The highest BCUT2D eigenvalue weighted by Crippen LogP contribution is 2.34. The van der Waals surface area contributed by atoms with Crippen molar-refractivity contribution in [3.8, 4) is 11.5 Å². The molecule has 1 atom stereocenters. The molecule has 0 saturated carbocycles. The summed E-state index contributed by atoms with van der Waals surface area (Å²) < 4.78 is 17.5. The Morgan fingerprint density at radius 2 is 1.97 bits per heavy atom. The molecule has 3 aromatic rings. The minimum Gasteiger partial charge on any atom is -0.493 e. The van der Waals surface area contributed by atoms with Gasteiger partial charge in [0, 0.05) is 18.3 Å². The van der Waals surface area contributed by atoms with E-state index in [0.29, 0.717) is 5.76 Å². The highest BCUT2D eigenvalue weighted by Gasteiger charge is 2.26. The minimum atomic E-state index is -0.637. The zero-order valence-electron chi connectivity index (χ0n) is 17.0. The summed E-state index contributed by atoms with van der Waals surface area (Å²) >= 11 is 0. The number of aromatic nitrogens is 2. The molecule has 0 radical (unpaired) electrons. The quantitative estimate of drug-likeness (QED) is 0.444. The van der Waals surface area contributed by atoms with Crippen LogP contribution in [-0.2, 0) is 0 Å². The lowest BCUT2D eigenvalue weighted by molar-refractivity contribution is -0.385. The number of nitrogens with one attached hydrogen (secondary N) is 1. The molecular weight excluding hydrogens is 392 g/mol. The fourth-order valence-electron chi connectivity index (χ4n) is 3.24.